The van der Waals surface area contributed by atoms with Gasteiger partial charge in [0.2, 0.25) is 5.88 Å². The van der Waals surface area contributed by atoms with Gasteiger partial charge in [0.25, 0.3) is 5.91 Å². The zero-order valence-corrected chi connectivity index (χ0v) is 23.8. The van der Waals surface area contributed by atoms with E-state index in [9.17, 15) is 14.4 Å². The predicted octanol–water partition coefficient (Wildman–Crippen LogP) is 3.85. The zero-order chi connectivity index (χ0) is 28.4. The van der Waals surface area contributed by atoms with E-state index >= 15 is 0 Å². The highest BCUT2D eigenvalue weighted by Gasteiger charge is 2.34. The van der Waals surface area contributed by atoms with Crippen molar-refractivity contribution in [3.8, 4) is 5.88 Å². The molecule has 4 heterocycles. The van der Waals surface area contributed by atoms with Crippen LogP contribution in [0.1, 0.15) is 59.6 Å². The fourth-order valence-electron chi connectivity index (χ4n) is 5.38. The van der Waals surface area contributed by atoms with Crippen LogP contribution in [0.2, 0.25) is 0 Å². The molecule has 40 heavy (non-hydrogen) atoms. The fourth-order valence-corrected chi connectivity index (χ4v) is 6.39. The molecule has 0 saturated carbocycles. The van der Waals surface area contributed by atoms with Crippen LogP contribution in [0.4, 0.5) is 5.69 Å². The Balaban J connectivity index is 1.37. The van der Waals surface area contributed by atoms with Gasteiger partial charge in [-0.2, -0.15) is 0 Å². The van der Waals surface area contributed by atoms with E-state index < -0.39 is 17.7 Å². The van der Waals surface area contributed by atoms with Crippen LogP contribution in [0.5, 0.6) is 5.88 Å². The first-order valence-electron chi connectivity index (χ1n) is 13.5. The Morgan fingerprint density at radius 3 is 2.80 bits per heavy atom. The van der Waals surface area contributed by atoms with Crippen LogP contribution < -0.4 is 15.8 Å². The fraction of sp³-hybridized carbons (Fsp3) is 0.414. The second-order valence-electron chi connectivity index (χ2n) is 10.6. The minimum absolute atomic E-state index is 0.0137. The topological polar surface area (TPSA) is 131 Å². The van der Waals surface area contributed by atoms with Crippen LogP contribution in [-0.4, -0.2) is 71.3 Å². The summed E-state index contributed by atoms with van der Waals surface area (Å²) >= 11 is 1.70. The van der Waals surface area contributed by atoms with Crippen LogP contribution in [0, 0.1) is 5.92 Å². The lowest BCUT2D eigenvalue weighted by Crippen LogP contribution is -2.46. The number of nitrogens with zero attached hydrogens (tertiary/aromatic N) is 4. The summed E-state index contributed by atoms with van der Waals surface area (Å²) < 4.78 is 6.16. The van der Waals surface area contributed by atoms with E-state index in [0.29, 0.717) is 6.54 Å². The Bertz CT molecular complexity index is 1480. The van der Waals surface area contributed by atoms with Crippen LogP contribution in [0.25, 0.3) is 15.8 Å². The standard InChI is InChI=1S/C29H34N6O4S/c1-17-6-8-23(19-7-9-24-22(13-19)33-28(40-24)18-5-4-11-34(2)12-10-18)35(16-17)29(38)26(37)32-20-14-21(25(30)36)27(39-3)31-15-20/h7,9-10,13-15,17,23H,4-6,8,11-12,16H2,1-3H3,(H2,30,36)(H,32,37)/t17-,23+/m0/s1. The van der Waals surface area contributed by atoms with Gasteiger partial charge in [0.1, 0.15) is 10.6 Å². The molecular formula is C29H34N6O4S. The van der Waals surface area contributed by atoms with Gasteiger partial charge >= 0.3 is 11.8 Å². The summed E-state index contributed by atoms with van der Waals surface area (Å²) in [6.45, 7) is 4.54. The number of nitrogens with one attached hydrogen (secondary N) is 1. The molecule has 1 saturated heterocycles. The normalized spacial score (nSPS) is 20.1. The molecule has 2 aliphatic rings. The van der Waals surface area contributed by atoms with Gasteiger partial charge in [-0.05, 0) is 74.5 Å². The molecule has 2 atom stereocenters. The van der Waals surface area contributed by atoms with Crippen LogP contribution in [0.3, 0.4) is 0 Å². The predicted molar refractivity (Wildman–Crippen MR) is 155 cm³/mol. The summed E-state index contributed by atoms with van der Waals surface area (Å²) in [6.07, 6.45) is 7.41. The van der Waals surface area contributed by atoms with Gasteiger partial charge in [0.15, 0.2) is 0 Å². The number of anilines is 1. The lowest BCUT2D eigenvalue weighted by Gasteiger charge is -2.38. The highest BCUT2D eigenvalue weighted by molar-refractivity contribution is 7.19. The number of aromatic nitrogens is 2. The summed E-state index contributed by atoms with van der Waals surface area (Å²) in [6, 6.07) is 7.29. The highest BCUT2D eigenvalue weighted by atomic mass is 32.1. The average Bonchev–Trinajstić information content (AvgIpc) is 3.25. The van der Waals surface area contributed by atoms with Crippen LogP contribution in [0.15, 0.2) is 36.5 Å². The Morgan fingerprint density at radius 1 is 1.20 bits per heavy atom. The molecule has 1 fully saturated rings. The van der Waals surface area contributed by atoms with Crippen molar-refractivity contribution < 1.29 is 19.1 Å². The number of pyridine rings is 1. The van der Waals surface area contributed by atoms with E-state index in [1.165, 1.54) is 24.9 Å². The second kappa shape index (κ2) is 11.7. The van der Waals surface area contributed by atoms with Crippen LogP contribution in [-0.2, 0) is 9.59 Å². The number of amides is 3. The molecule has 0 unspecified atom stereocenters. The van der Waals surface area contributed by atoms with Crippen molar-refractivity contribution in [2.45, 2.75) is 38.6 Å². The molecular weight excluding hydrogens is 528 g/mol. The molecule has 3 aromatic rings. The summed E-state index contributed by atoms with van der Waals surface area (Å²) in [4.78, 5) is 51.2. The van der Waals surface area contributed by atoms with E-state index in [-0.39, 0.29) is 29.1 Å². The number of methoxy groups -OCH3 is 1. The molecule has 0 radical (unpaired) electrons. The first-order valence-corrected chi connectivity index (χ1v) is 14.3. The first kappa shape index (κ1) is 27.7. The smallest absolute Gasteiger partial charge is 0.313 e. The van der Waals surface area contributed by atoms with Crippen molar-refractivity contribution in [2.75, 3.05) is 39.1 Å². The average molecular weight is 563 g/mol. The Kier molecular flexibility index (Phi) is 8.13. The summed E-state index contributed by atoms with van der Waals surface area (Å²) in [5.41, 5.74) is 8.77. The molecule has 0 spiro atoms. The third kappa shape index (κ3) is 5.85. The van der Waals surface area contributed by atoms with E-state index in [1.807, 2.05) is 6.07 Å². The maximum Gasteiger partial charge on any atom is 0.313 e. The van der Waals surface area contributed by atoms with Gasteiger partial charge < -0.3 is 25.6 Å². The number of ether oxygens (including phenoxy) is 1. The molecule has 210 valence electrons. The number of likely N-dealkylation sites (tertiary alicyclic amines) is 1. The van der Waals surface area contributed by atoms with Crippen LogP contribution >= 0.6 is 11.3 Å². The highest BCUT2D eigenvalue weighted by Crippen LogP contribution is 2.37. The number of allylic oxidation sites excluding steroid dienone is 1. The maximum atomic E-state index is 13.5. The second-order valence-corrected chi connectivity index (χ2v) is 11.6. The molecule has 11 heteroatoms. The summed E-state index contributed by atoms with van der Waals surface area (Å²) in [5.74, 6) is -1.89. The number of thiazole rings is 1. The summed E-state index contributed by atoms with van der Waals surface area (Å²) in [5, 5.41) is 3.62. The van der Waals surface area contributed by atoms with Gasteiger partial charge in [0.05, 0.1) is 35.3 Å². The van der Waals surface area contributed by atoms with Gasteiger partial charge in [-0.15, -0.1) is 11.3 Å². The van der Waals surface area contributed by atoms with Gasteiger partial charge in [-0.25, -0.2) is 9.97 Å². The number of hydrogen-bond acceptors (Lipinski definition) is 8. The molecule has 0 bridgehead atoms. The number of likely N-dealkylation sites (N-methyl/N-ethyl adjacent to an activating group) is 1. The number of carbonyl (C=O) groups is 3. The number of rotatable bonds is 5. The minimum Gasteiger partial charge on any atom is -0.480 e. The third-order valence-corrected chi connectivity index (χ3v) is 8.66. The Hall–Kier alpha value is -3.83. The van der Waals surface area contributed by atoms with Gasteiger partial charge in [0, 0.05) is 13.1 Å². The van der Waals surface area contributed by atoms with Gasteiger partial charge in [-0.1, -0.05) is 19.1 Å². The Labute approximate surface area is 237 Å². The minimum atomic E-state index is -0.802. The SMILES string of the molecule is COc1ncc(NC(=O)C(=O)N2C[C@@H](C)CC[C@@H]2c2ccc3sc(C4=CCN(C)CCC4)nc3c2)cc1C(N)=O. The molecule has 1 aromatic carbocycles. The Morgan fingerprint density at radius 2 is 2.02 bits per heavy atom. The third-order valence-electron chi connectivity index (χ3n) is 7.55. The molecule has 5 rings (SSSR count). The van der Waals surface area contributed by atoms with E-state index in [2.05, 4.69) is 47.4 Å². The number of hydrogen-bond donors (Lipinski definition) is 2. The monoisotopic (exact) mass is 562 g/mol. The number of carbonyl (C=O) groups excluding carboxylic acids is 3. The van der Waals surface area contributed by atoms with Crippen molar-refractivity contribution in [3.63, 3.8) is 0 Å². The van der Waals surface area contributed by atoms with Gasteiger partial charge in [-0.3, -0.25) is 14.4 Å². The number of benzene rings is 1. The maximum absolute atomic E-state index is 13.5. The first-order chi connectivity index (χ1) is 19.2. The molecule has 2 aliphatic heterocycles. The molecule has 10 nitrogen and oxygen atoms in total. The number of primary amides is 1. The quantitative estimate of drug-likeness (QED) is 0.452. The molecule has 3 amide bonds. The zero-order valence-electron chi connectivity index (χ0n) is 23.0. The largest absolute Gasteiger partial charge is 0.480 e. The van der Waals surface area contributed by atoms with Crippen molar-refractivity contribution in [1.29, 1.82) is 0 Å². The van der Waals surface area contributed by atoms with Crippen molar-refractivity contribution in [2.24, 2.45) is 11.7 Å². The summed E-state index contributed by atoms with van der Waals surface area (Å²) in [7, 11) is 3.50. The number of nitrogens with two attached hydrogens (primary N) is 1. The molecule has 3 N–H and O–H groups in total. The number of fused-ring (bicyclic) bond motifs is 1. The number of piperidine rings is 1. The lowest BCUT2D eigenvalue weighted by atomic mass is 9.89. The van der Waals surface area contributed by atoms with Crippen molar-refractivity contribution in [3.05, 3.63) is 52.7 Å². The lowest BCUT2D eigenvalue weighted by molar-refractivity contribution is -0.146. The van der Waals surface area contributed by atoms with Crippen molar-refractivity contribution in [1.82, 2.24) is 19.8 Å². The molecule has 0 aliphatic carbocycles. The van der Waals surface area contributed by atoms with Crippen molar-refractivity contribution >= 4 is 50.5 Å². The van der Waals surface area contributed by atoms with E-state index in [1.54, 1.807) is 16.2 Å². The van der Waals surface area contributed by atoms with E-state index in [0.717, 1.165) is 59.6 Å². The van der Waals surface area contributed by atoms with E-state index in [4.69, 9.17) is 15.5 Å². The molecule has 2 aromatic heterocycles.